The Morgan fingerprint density at radius 3 is 2.60 bits per heavy atom. The number of likely N-dealkylation sites (tertiary alicyclic amines) is 1. The number of anilines is 1. The van der Waals surface area contributed by atoms with Crippen LogP contribution in [0, 0.1) is 12.7 Å². The summed E-state index contributed by atoms with van der Waals surface area (Å²) in [6.07, 6.45) is 5.26. The Kier molecular flexibility index (Phi) is 7.65. The summed E-state index contributed by atoms with van der Waals surface area (Å²) in [5, 5.41) is 9.68. The molecular weight excluding hydrogens is 535 g/mol. The molecule has 0 spiro atoms. The fourth-order valence-electron chi connectivity index (χ4n) is 5.18. The second-order valence-corrected chi connectivity index (χ2v) is 10.8. The van der Waals surface area contributed by atoms with Crippen LogP contribution in [-0.2, 0) is 0 Å². The number of carbonyl (C=O) groups excluding carboxylic acids is 1. The molecular formula is C29H32ClFN6O3. The molecule has 1 aromatic carbocycles. The molecule has 1 saturated heterocycles. The third-order valence-electron chi connectivity index (χ3n) is 7.22. The van der Waals surface area contributed by atoms with Gasteiger partial charge in [-0.15, -0.1) is 0 Å². The number of ether oxygens (including phenoxy) is 1. The van der Waals surface area contributed by atoms with Gasteiger partial charge in [-0.1, -0.05) is 24.6 Å². The lowest BCUT2D eigenvalue weighted by Gasteiger charge is -2.29. The predicted octanol–water partition coefficient (Wildman–Crippen LogP) is 5.01. The highest BCUT2D eigenvalue weighted by atomic mass is 35.5. The molecule has 1 aliphatic heterocycles. The Morgan fingerprint density at radius 2 is 1.95 bits per heavy atom. The van der Waals surface area contributed by atoms with E-state index in [9.17, 15) is 9.90 Å². The normalized spacial score (nSPS) is 15.2. The van der Waals surface area contributed by atoms with E-state index in [1.807, 2.05) is 32.1 Å². The van der Waals surface area contributed by atoms with Gasteiger partial charge in [-0.2, -0.15) is 0 Å². The summed E-state index contributed by atoms with van der Waals surface area (Å²) in [6.45, 7) is 8.45. The number of fused-ring (bicyclic) bond motifs is 1. The van der Waals surface area contributed by atoms with E-state index >= 15 is 4.39 Å². The van der Waals surface area contributed by atoms with Crippen molar-refractivity contribution in [2.24, 2.45) is 0 Å². The van der Waals surface area contributed by atoms with Gasteiger partial charge in [0.2, 0.25) is 0 Å². The molecule has 1 unspecified atom stereocenters. The molecule has 40 heavy (non-hydrogen) atoms. The Bertz CT molecular complexity index is 1560. The van der Waals surface area contributed by atoms with Gasteiger partial charge in [0.05, 0.1) is 28.5 Å². The standard InChI is InChI=1S/C29H32ClFN6O3/c1-15(2)40-26-20(16(3)28-35-17(4)25-27(32)33-9-12-37(25)28)13-21(30)24(31)23(26)18-5-6-22(34-14-18)29(39)36-10-7-19(38)8-11-36/h5-6,9,12-16,19,38H,7-8,10-11H2,1-4H3,(H2,32,33). The van der Waals surface area contributed by atoms with Gasteiger partial charge < -0.3 is 20.5 Å². The van der Waals surface area contributed by atoms with Crippen LogP contribution in [0.4, 0.5) is 10.2 Å². The Labute approximate surface area is 236 Å². The number of nitrogen functional groups attached to an aromatic ring is 1. The molecule has 3 N–H and O–H groups in total. The zero-order valence-electron chi connectivity index (χ0n) is 22.9. The van der Waals surface area contributed by atoms with Gasteiger partial charge in [-0.25, -0.2) is 14.4 Å². The Hall–Kier alpha value is -3.76. The van der Waals surface area contributed by atoms with Crippen LogP contribution in [0.15, 0.2) is 36.8 Å². The average molecular weight is 567 g/mol. The van der Waals surface area contributed by atoms with Crippen LogP contribution in [0.2, 0.25) is 5.02 Å². The molecule has 4 heterocycles. The van der Waals surface area contributed by atoms with Gasteiger partial charge in [0.25, 0.3) is 5.91 Å². The van der Waals surface area contributed by atoms with Crippen molar-refractivity contribution in [3.63, 3.8) is 0 Å². The topological polar surface area (TPSA) is 119 Å². The summed E-state index contributed by atoms with van der Waals surface area (Å²) in [5.41, 5.74) is 9.02. The van der Waals surface area contributed by atoms with E-state index in [0.29, 0.717) is 60.0 Å². The van der Waals surface area contributed by atoms with Crippen molar-refractivity contribution < 1.29 is 19.0 Å². The van der Waals surface area contributed by atoms with Crippen molar-refractivity contribution in [1.29, 1.82) is 0 Å². The second kappa shape index (κ2) is 11.0. The maximum Gasteiger partial charge on any atom is 0.272 e. The molecule has 210 valence electrons. The number of amides is 1. The van der Waals surface area contributed by atoms with Gasteiger partial charge in [0, 0.05) is 48.7 Å². The predicted molar refractivity (Wildman–Crippen MR) is 151 cm³/mol. The van der Waals surface area contributed by atoms with E-state index in [2.05, 4.69) is 9.97 Å². The number of piperidine rings is 1. The van der Waals surface area contributed by atoms with Gasteiger partial charge in [0.15, 0.2) is 5.82 Å². The van der Waals surface area contributed by atoms with Crippen LogP contribution < -0.4 is 10.5 Å². The molecule has 1 amide bonds. The molecule has 4 aromatic rings. The summed E-state index contributed by atoms with van der Waals surface area (Å²) in [4.78, 5) is 27.9. The third-order valence-corrected chi connectivity index (χ3v) is 7.49. The van der Waals surface area contributed by atoms with Crippen molar-refractivity contribution in [1.82, 2.24) is 24.3 Å². The molecule has 0 aliphatic carbocycles. The number of pyridine rings is 1. The van der Waals surface area contributed by atoms with Gasteiger partial charge in [-0.05, 0) is 45.7 Å². The Morgan fingerprint density at radius 1 is 1.23 bits per heavy atom. The minimum atomic E-state index is -0.642. The quantitative estimate of drug-likeness (QED) is 0.337. The molecule has 0 saturated carbocycles. The summed E-state index contributed by atoms with van der Waals surface area (Å²) in [6, 6.07) is 4.79. The molecule has 0 bridgehead atoms. The van der Waals surface area contributed by atoms with Gasteiger partial charge in [-0.3, -0.25) is 14.2 Å². The number of carbonyl (C=O) groups is 1. The largest absolute Gasteiger partial charge is 0.490 e. The minimum absolute atomic E-state index is 0.0706. The smallest absolute Gasteiger partial charge is 0.272 e. The van der Waals surface area contributed by atoms with Gasteiger partial charge >= 0.3 is 0 Å². The summed E-state index contributed by atoms with van der Waals surface area (Å²) >= 11 is 6.46. The van der Waals surface area contributed by atoms with E-state index in [0.717, 1.165) is 5.69 Å². The number of rotatable bonds is 6. The summed E-state index contributed by atoms with van der Waals surface area (Å²) < 4.78 is 23.9. The number of aryl methyl sites for hydroxylation is 1. The van der Waals surface area contributed by atoms with Crippen LogP contribution in [0.25, 0.3) is 16.6 Å². The number of hydrogen-bond acceptors (Lipinski definition) is 7. The van der Waals surface area contributed by atoms with E-state index in [1.54, 1.807) is 35.5 Å². The van der Waals surface area contributed by atoms with Crippen molar-refractivity contribution in [2.45, 2.75) is 58.7 Å². The first-order valence-corrected chi connectivity index (χ1v) is 13.7. The molecule has 1 aliphatic rings. The molecule has 3 aromatic heterocycles. The van der Waals surface area contributed by atoms with Crippen LogP contribution in [-0.4, -0.2) is 60.6 Å². The second-order valence-electron chi connectivity index (χ2n) is 10.4. The Balaban J connectivity index is 1.59. The zero-order chi connectivity index (χ0) is 28.7. The highest BCUT2D eigenvalue weighted by Crippen LogP contribution is 2.44. The molecule has 1 fully saturated rings. The van der Waals surface area contributed by atoms with Gasteiger partial charge in [0.1, 0.15) is 28.6 Å². The van der Waals surface area contributed by atoms with Crippen molar-refractivity contribution in [2.75, 3.05) is 18.8 Å². The molecule has 0 radical (unpaired) electrons. The number of nitrogens with two attached hydrogens (primary N) is 1. The van der Waals surface area contributed by atoms with E-state index in [-0.39, 0.29) is 40.3 Å². The van der Waals surface area contributed by atoms with E-state index in [1.165, 1.54) is 6.20 Å². The number of hydrogen-bond donors (Lipinski definition) is 2. The monoisotopic (exact) mass is 566 g/mol. The fraction of sp³-hybridized carbons (Fsp3) is 0.379. The van der Waals surface area contributed by atoms with Crippen LogP contribution in [0.3, 0.4) is 0 Å². The highest BCUT2D eigenvalue weighted by molar-refractivity contribution is 6.31. The lowest BCUT2D eigenvalue weighted by Crippen LogP contribution is -2.40. The average Bonchev–Trinajstić information content (AvgIpc) is 3.28. The molecule has 9 nitrogen and oxygen atoms in total. The van der Waals surface area contributed by atoms with Crippen molar-refractivity contribution in [3.8, 4) is 16.9 Å². The molecule has 11 heteroatoms. The number of imidazole rings is 1. The van der Waals surface area contributed by atoms with Crippen LogP contribution in [0.1, 0.15) is 67.1 Å². The number of aliphatic hydroxyl groups excluding tert-OH is 1. The lowest BCUT2D eigenvalue weighted by atomic mass is 9.93. The number of aliphatic hydroxyl groups is 1. The van der Waals surface area contributed by atoms with E-state index in [4.69, 9.17) is 27.1 Å². The first-order chi connectivity index (χ1) is 19.1. The molecule has 1 atom stereocenters. The number of nitrogens with zero attached hydrogens (tertiary/aromatic N) is 5. The highest BCUT2D eigenvalue weighted by Gasteiger charge is 2.29. The maximum atomic E-state index is 15.8. The van der Waals surface area contributed by atoms with E-state index < -0.39 is 5.82 Å². The zero-order valence-corrected chi connectivity index (χ0v) is 23.6. The number of benzene rings is 1. The summed E-state index contributed by atoms with van der Waals surface area (Å²) in [7, 11) is 0. The first kappa shape index (κ1) is 27.8. The maximum absolute atomic E-state index is 15.8. The number of aromatic nitrogens is 4. The van der Waals surface area contributed by atoms with Crippen LogP contribution in [0.5, 0.6) is 5.75 Å². The molecule has 5 rings (SSSR count). The lowest BCUT2D eigenvalue weighted by molar-refractivity contribution is 0.0541. The van der Waals surface area contributed by atoms with Crippen molar-refractivity contribution >= 4 is 28.8 Å². The van der Waals surface area contributed by atoms with Crippen LogP contribution >= 0.6 is 11.6 Å². The number of halogens is 2. The SMILES string of the molecule is Cc1nc(C(C)c2cc(Cl)c(F)c(-c3ccc(C(=O)N4CCC(O)CC4)nc3)c2OC(C)C)n2ccnc(N)c12. The summed E-state index contributed by atoms with van der Waals surface area (Å²) in [5.74, 6) is 0.132. The van der Waals surface area contributed by atoms with Crippen molar-refractivity contribution in [3.05, 3.63) is 70.4 Å². The third kappa shape index (κ3) is 5.09. The fourth-order valence-corrected chi connectivity index (χ4v) is 5.40. The minimum Gasteiger partial charge on any atom is -0.490 e. The first-order valence-electron chi connectivity index (χ1n) is 13.3.